The predicted octanol–water partition coefficient (Wildman–Crippen LogP) is 6.03. The molecule has 0 saturated heterocycles. The molecule has 8 atom stereocenters. The number of Topliss-reactive ketones (excluding diaryl/α,β-unsaturated/α-hetero) is 1. The molecule has 4 saturated carbocycles. The summed E-state index contributed by atoms with van der Waals surface area (Å²) >= 11 is 0. The van der Waals surface area contributed by atoms with Gasteiger partial charge < -0.3 is 9.84 Å². The highest BCUT2D eigenvalue weighted by Gasteiger charge is 2.61. The molecule has 4 aliphatic carbocycles. The average Bonchev–Trinajstić information content (AvgIpc) is 3.16. The van der Waals surface area contributed by atoms with E-state index in [4.69, 9.17) is 4.74 Å². The minimum Gasteiger partial charge on any atom is -0.497 e. The molecule has 1 aromatic rings. The summed E-state index contributed by atoms with van der Waals surface area (Å²) < 4.78 is 5.23. The van der Waals surface area contributed by atoms with Crippen molar-refractivity contribution in [2.45, 2.75) is 84.2 Å². The number of methoxy groups -OCH3 is 1. The molecular weight excluding hydrogens is 408 g/mol. The summed E-state index contributed by atoms with van der Waals surface area (Å²) in [5.41, 5.74) is 0.559. The largest absolute Gasteiger partial charge is 0.497 e. The fourth-order valence-corrected chi connectivity index (χ4v) is 8.89. The van der Waals surface area contributed by atoms with Gasteiger partial charge in [-0.25, -0.2) is 0 Å². The van der Waals surface area contributed by atoms with Crippen LogP contribution in [-0.4, -0.2) is 23.6 Å². The van der Waals surface area contributed by atoms with Crippen molar-refractivity contribution in [3.05, 3.63) is 29.8 Å². The lowest BCUT2D eigenvalue weighted by Gasteiger charge is -2.61. The summed E-state index contributed by atoms with van der Waals surface area (Å²) in [6, 6.07) is 7.76. The number of ether oxygens (including phenoxy) is 1. The number of carbonyl (C=O) groups is 1. The van der Waals surface area contributed by atoms with E-state index in [0.717, 1.165) is 48.8 Å². The van der Waals surface area contributed by atoms with Crippen LogP contribution in [-0.2, 0) is 4.79 Å². The van der Waals surface area contributed by atoms with Gasteiger partial charge in [0.15, 0.2) is 0 Å². The van der Waals surface area contributed by atoms with Crippen LogP contribution in [0.5, 0.6) is 5.75 Å². The van der Waals surface area contributed by atoms with Crippen LogP contribution >= 0.6 is 0 Å². The SMILES string of the molecule is COc1ccc(C#C[C@@]2(O)CC[C@@]3(C)[C@H](CC[C@@H]4[C@@H]3CC[C@]3(C)[C@@H](C(C)=O)CC[C@@H]43)C2)cc1. The summed E-state index contributed by atoms with van der Waals surface area (Å²) in [5.74, 6) is 10.7. The van der Waals surface area contributed by atoms with Crippen LogP contribution in [0.2, 0.25) is 0 Å². The number of hydrogen-bond donors (Lipinski definition) is 1. The molecule has 4 aliphatic rings. The third-order valence-corrected chi connectivity index (χ3v) is 10.7. The zero-order valence-electron chi connectivity index (χ0n) is 20.8. The number of hydrogen-bond acceptors (Lipinski definition) is 3. The lowest BCUT2D eigenvalue weighted by Crippen LogP contribution is -2.56. The van der Waals surface area contributed by atoms with Crippen molar-refractivity contribution in [1.82, 2.24) is 0 Å². The zero-order chi connectivity index (χ0) is 23.4. The topological polar surface area (TPSA) is 46.5 Å². The molecule has 0 spiro atoms. The number of rotatable bonds is 2. The number of aliphatic hydroxyl groups is 1. The van der Waals surface area contributed by atoms with Crippen molar-refractivity contribution in [2.24, 2.45) is 40.4 Å². The highest BCUT2D eigenvalue weighted by atomic mass is 16.5. The van der Waals surface area contributed by atoms with Gasteiger partial charge in [0.1, 0.15) is 17.1 Å². The summed E-state index contributed by atoms with van der Waals surface area (Å²) in [4.78, 5) is 12.4. The first-order valence-corrected chi connectivity index (χ1v) is 13.1. The molecule has 1 N–H and O–H groups in total. The third-order valence-electron chi connectivity index (χ3n) is 10.7. The van der Waals surface area contributed by atoms with E-state index in [2.05, 4.69) is 25.7 Å². The quantitative estimate of drug-likeness (QED) is 0.562. The Labute approximate surface area is 199 Å². The molecule has 0 aliphatic heterocycles. The van der Waals surface area contributed by atoms with Gasteiger partial charge in [-0.05, 0) is 123 Å². The summed E-state index contributed by atoms with van der Waals surface area (Å²) in [7, 11) is 1.67. The van der Waals surface area contributed by atoms with Crippen LogP contribution in [0.15, 0.2) is 24.3 Å². The number of fused-ring (bicyclic) bond motifs is 5. The van der Waals surface area contributed by atoms with E-state index in [1.165, 1.54) is 32.1 Å². The van der Waals surface area contributed by atoms with Crippen LogP contribution in [0.1, 0.15) is 84.1 Å². The van der Waals surface area contributed by atoms with Crippen molar-refractivity contribution < 1.29 is 14.6 Å². The predicted molar refractivity (Wildman–Crippen MR) is 131 cm³/mol. The minimum atomic E-state index is -0.882. The number of benzene rings is 1. The van der Waals surface area contributed by atoms with Gasteiger partial charge in [-0.3, -0.25) is 4.79 Å². The second-order valence-electron chi connectivity index (χ2n) is 12.2. The van der Waals surface area contributed by atoms with Crippen LogP contribution in [0.25, 0.3) is 0 Å². The molecule has 0 aromatic heterocycles. The Morgan fingerprint density at radius 2 is 1.70 bits per heavy atom. The first kappa shape index (κ1) is 23.0. The molecule has 0 heterocycles. The zero-order valence-corrected chi connectivity index (χ0v) is 20.8. The van der Waals surface area contributed by atoms with Gasteiger partial charge in [-0.1, -0.05) is 25.7 Å². The van der Waals surface area contributed by atoms with Crippen LogP contribution in [0, 0.1) is 52.3 Å². The second-order valence-corrected chi connectivity index (χ2v) is 12.2. The minimum absolute atomic E-state index is 0.218. The Morgan fingerprint density at radius 1 is 0.970 bits per heavy atom. The maximum atomic E-state index is 12.4. The standard InChI is InChI=1S/C30H40O3/c1-20(31)25-11-12-26-24-10-7-22-19-30(32,16-13-21-5-8-23(33-4)9-6-21)18-17-28(22,2)27(24)14-15-29(25,26)3/h5-6,8-9,22,24-27,32H,7,10-12,14-15,17-19H2,1-4H3/t22-,24+,25-,26+,27+,28+,29-,30-/m1/s1. The lowest BCUT2D eigenvalue weighted by molar-refractivity contribution is -0.144. The molecule has 5 rings (SSSR count). The maximum Gasteiger partial charge on any atom is 0.133 e. The Morgan fingerprint density at radius 3 is 2.39 bits per heavy atom. The Balaban J connectivity index is 1.32. The van der Waals surface area contributed by atoms with E-state index in [9.17, 15) is 9.90 Å². The molecule has 3 heteroatoms. The fourth-order valence-electron chi connectivity index (χ4n) is 8.89. The Hall–Kier alpha value is -1.79. The van der Waals surface area contributed by atoms with Gasteiger partial charge >= 0.3 is 0 Å². The highest BCUT2D eigenvalue weighted by molar-refractivity contribution is 5.79. The molecule has 0 bridgehead atoms. The first-order valence-electron chi connectivity index (χ1n) is 13.1. The molecule has 178 valence electrons. The van der Waals surface area contributed by atoms with Gasteiger partial charge in [0, 0.05) is 11.5 Å². The summed E-state index contributed by atoms with van der Waals surface area (Å²) in [5, 5.41) is 11.4. The maximum absolute atomic E-state index is 12.4. The van der Waals surface area contributed by atoms with Crippen LogP contribution in [0.3, 0.4) is 0 Å². The molecular formula is C30H40O3. The van der Waals surface area contributed by atoms with E-state index in [1.807, 2.05) is 31.2 Å². The van der Waals surface area contributed by atoms with Gasteiger partial charge in [-0.15, -0.1) is 0 Å². The van der Waals surface area contributed by atoms with Crippen LogP contribution < -0.4 is 4.74 Å². The number of carbonyl (C=O) groups excluding carboxylic acids is 1. The van der Waals surface area contributed by atoms with E-state index in [-0.39, 0.29) is 11.3 Å². The molecule has 0 unspecified atom stereocenters. The first-order chi connectivity index (χ1) is 15.7. The Bertz CT molecular complexity index is 970. The summed E-state index contributed by atoms with van der Waals surface area (Å²) in [6.07, 6.45) is 9.88. The van der Waals surface area contributed by atoms with Crippen molar-refractivity contribution >= 4 is 5.78 Å². The molecule has 33 heavy (non-hydrogen) atoms. The third kappa shape index (κ3) is 3.74. The number of ketones is 1. The lowest BCUT2D eigenvalue weighted by atomic mass is 9.44. The van der Waals surface area contributed by atoms with E-state index in [0.29, 0.717) is 23.0 Å². The van der Waals surface area contributed by atoms with E-state index < -0.39 is 5.60 Å². The fraction of sp³-hybridized carbons (Fsp3) is 0.700. The molecule has 0 amide bonds. The average molecular weight is 449 g/mol. The monoisotopic (exact) mass is 448 g/mol. The Kier molecular flexibility index (Phi) is 5.68. The van der Waals surface area contributed by atoms with E-state index in [1.54, 1.807) is 7.11 Å². The molecule has 4 fully saturated rings. The van der Waals surface area contributed by atoms with Gasteiger partial charge in [0.05, 0.1) is 7.11 Å². The van der Waals surface area contributed by atoms with Crippen molar-refractivity contribution in [3.63, 3.8) is 0 Å². The van der Waals surface area contributed by atoms with Crippen molar-refractivity contribution in [1.29, 1.82) is 0 Å². The summed E-state index contributed by atoms with van der Waals surface area (Å²) in [6.45, 7) is 6.76. The molecule has 3 nitrogen and oxygen atoms in total. The van der Waals surface area contributed by atoms with Gasteiger partial charge in [0.25, 0.3) is 0 Å². The van der Waals surface area contributed by atoms with E-state index >= 15 is 0 Å². The normalized spacial score (nSPS) is 44.0. The smallest absolute Gasteiger partial charge is 0.133 e. The second kappa shape index (κ2) is 8.16. The van der Waals surface area contributed by atoms with Gasteiger partial charge in [0.2, 0.25) is 0 Å². The molecule has 1 aromatic carbocycles. The van der Waals surface area contributed by atoms with Crippen molar-refractivity contribution in [3.8, 4) is 17.6 Å². The van der Waals surface area contributed by atoms with Gasteiger partial charge in [-0.2, -0.15) is 0 Å². The van der Waals surface area contributed by atoms with Crippen molar-refractivity contribution in [2.75, 3.05) is 7.11 Å². The highest BCUT2D eigenvalue weighted by Crippen LogP contribution is 2.68. The molecule has 0 radical (unpaired) electrons. The van der Waals surface area contributed by atoms with Crippen LogP contribution in [0.4, 0.5) is 0 Å².